The zero-order valence-corrected chi connectivity index (χ0v) is 84.1. The molecule has 0 aliphatic rings. The average Bonchev–Trinajstić information content (AvgIpc) is 0.842. The van der Waals surface area contributed by atoms with Gasteiger partial charge in [-0.1, -0.05) is 98.6 Å². The van der Waals surface area contributed by atoms with Gasteiger partial charge in [0.05, 0.1) is 38.1 Å². The van der Waals surface area contributed by atoms with E-state index in [9.17, 15) is 166 Å². The molecule has 0 fully saturated rings. The summed E-state index contributed by atoms with van der Waals surface area (Å²) in [5.41, 5.74) is 33.5. The van der Waals surface area contributed by atoms with Crippen LogP contribution in [0.25, 0.3) is 0 Å². The smallest absolute Gasteiger partial charge is 0.326 e. The minimum Gasteiger partial charge on any atom is -0.481 e. The van der Waals surface area contributed by atoms with E-state index in [1.54, 1.807) is 37.3 Å². The predicted octanol–water partition coefficient (Wildman–Crippen LogP) is -10.7. The Balaban J connectivity index is 3.70. The van der Waals surface area contributed by atoms with E-state index in [1.165, 1.54) is 55.4 Å². The van der Waals surface area contributed by atoms with E-state index in [0.717, 1.165) is 13.8 Å². The van der Waals surface area contributed by atoms with Gasteiger partial charge in [0.25, 0.3) is 0 Å². The van der Waals surface area contributed by atoms with Gasteiger partial charge in [0, 0.05) is 38.6 Å². The lowest BCUT2D eigenvalue weighted by Crippen LogP contribution is -2.63. The van der Waals surface area contributed by atoms with E-state index in [0.29, 0.717) is 5.56 Å². The third-order valence-electron chi connectivity index (χ3n) is 22.9. The number of primary amides is 2. The first-order valence-electron chi connectivity index (χ1n) is 47.7. The number of hydrogen-bond acceptors (Lipinski definition) is 31. The second-order valence-corrected chi connectivity index (χ2v) is 36.2. The van der Waals surface area contributed by atoms with Crippen LogP contribution in [0.3, 0.4) is 0 Å². The van der Waals surface area contributed by atoms with Crippen LogP contribution in [0.1, 0.15) is 204 Å². The number of aliphatic hydroxyl groups excluding tert-OH is 3. The number of carbonyl (C=O) groups is 25. The van der Waals surface area contributed by atoms with Crippen molar-refractivity contribution in [3.63, 3.8) is 0 Å². The van der Waals surface area contributed by atoms with Crippen LogP contribution in [0.15, 0.2) is 35.3 Å². The number of amides is 19. The van der Waals surface area contributed by atoms with E-state index >= 15 is 0 Å². The molecule has 1 rings (SSSR count). The van der Waals surface area contributed by atoms with E-state index < -0.39 is 370 Å². The van der Waals surface area contributed by atoms with Gasteiger partial charge in [0.15, 0.2) is 5.96 Å². The highest BCUT2D eigenvalue weighted by atomic mass is 16.4. The van der Waals surface area contributed by atoms with Crippen molar-refractivity contribution in [2.24, 2.45) is 63.1 Å². The van der Waals surface area contributed by atoms with Crippen LogP contribution < -0.4 is 125 Å². The van der Waals surface area contributed by atoms with Gasteiger partial charge in [-0.15, -0.1) is 0 Å². The number of carbonyl (C=O) groups excluding carboxylic acids is 19. The van der Waals surface area contributed by atoms with Gasteiger partial charge in [-0.25, -0.2) is 4.79 Å². The predicted molar refractivity (Wildman–Crippen MR) is 518 cm³/mol. The number of benzene rings is 1. The Morgan fingerprint density at radius 2 is 0.642 bits per heavy atom. The Hall–Kier alpha value is -15.0. The zero-order valence-electron chi connectivity index (χ0n) is 84.1. The molecule has 58 heteroatoms. The van der Waals surface area contributed by atoms with Gasteiger partial charge < -0.3 is 171 Å². The van der Waals surface area contributed by atoms with Gasteiger partial charge in [0.2, 0.25) is 112 Å². The van der Waals surface area contributed by atoms with Gasteiger partial charge in [-0.05, 0) is 121 Å². The van der Waals surface area contributed by atoms with Gasteiger partial charge in [-0.3, -0.25) is 120 Å². The van der Waals surface area contributed by atoms with Gasteiger partial charge >= 0.3 is 35.8 Å². The SMILES string of the molecule is CC[C@H](C)[C@H](NC(=O)[C@H](CCC(=O)O)NC(=O)[C@H](CCC(=O)O)NC(=O)[C@@H](NC(=O)[C@H](CCCCN)NC(=O)[C@@H](NC(=O)[C@H](CC(N)=O)NC(=O)[C@@H](N)[C@@H](C)O)[C@@H](C)CC)[C@@H](C)O)C(=O)N[C@@H](CO)C(=O)N[C@@H](CCC(=O)O)C(=O)N[C@H](C(=O)N[C@@H](CC(N)=O)C(=O)N[C@@H](CC(C)C)C(=O)N[C@@H](CC(=O)O)C(=O)N[C@@H](C)C(=O)N[C@@H](CCC(=O)O)C(=O)N[C@@H](Cc1ccccc1)C(=O)N[C@@H](CCCN=C(N)N)C(=O)O)C(C)C. The number of aliphatic hydroxyl groups is 3. The van der Waals surface area contributed by atoms with Gasteiger partial charge in [-0.2, -0.15) is 0 Å². The number of rotatable bonds is 73. The summed E-state index contributed by atoms with van der Waals surface area (Å²) in [5.74, 6) is -36.9. The lowest BCUT2D eigenvalue weighted by molar-refractivity contribution is -0.143. The fourth-order valence-electron chi connectivity index (χ4n) is 14.0. The second kappa shape index (κ2) is 66.9. The Morgan fingerprint density at radius 3 is 1.03 bits per heavy atom. The molecule has 0 aromatic heterocycles. The third-order valence-corrected chi connectivity index (χ3v) is 22.9. The maximum absolute atomic E-state index is 14.5. The van der Waals surface area contributed by atoms with E-state index in [2.05, 4.69) is 95.4 Å². The van der Waals surface area contributed by atoms with Gasteiger partial charge in [0.1, 0.15) is 109 Å². The summed E-state index contributed by atoms with van der Waals surface area (Å²) in [7, 11) is 0. The number of unbranched alkanes of at least 4 members (excludes halogenated alkanes) is 1. The molecule has 0 unspecified atom stereocenters. The van der Waals surface area contributed by atoms with E-state index in [4.69, 9.17) is 34.4 Å². The number of nitrogens with zero attached hydrogens (tertiary/aromatic N) is 1. The Bertz CT molecular complexity index is 4770. The summed E-state index contributed by atoms with van der Waals surface area (Å²) >= 11 is 0. The molecule has 1 aromatic rings. The standard InChI is InChI=1S/C90H146N24O34/c1-12-42(7)69(113-82(140)57(37-61(93)119)108-84(142)67(94)45(10)116)86(144)102-48(22-17-18-32-91)75(133)114-71(46(11)117)88(146)103-50(25-29-63(122)123)73(131)100-52(27-31-65(126)127)77(135)112-70(43(8)13-2)87(145)110-59(39-115)83(141)101-51(26-30-64(124)125)76(134)111-68(41(5)6)85(143)109-56(36-60(92)118)81(139)105-54(34-40(3)4)79(137)107-58(38-66(128)129)78(136)98-44(9)72(130)99-49(24-28-62(120)121)74(132)106-55(35-47-20-15-14-16-21-47)80(138)104-53(89(147)148)23-19-33-97-90(95)96/h14-16,20-21,40-46,48-59,67-71,115-117H,12-13,17-19,22-39,91,94H2,1-11H3,(H2,92,118)(H2,93,119)(H,98,136)(H,99,130)(H,100,131)(H,101,141)(H,102,144)(H,103,146)(H,104,138)(H,105,139)(H,106,132)(H,107,137)(H,108,142)(H,109,143)(H,110,145)(H,111,134)(H,112,135)(H,113,140)(H,114,133)(H,120,121)(H,122,123)(H,124,125)(H,126,127)(H,128,129)(H,147,148)(H4,95,96,97)/t42-,43-,44-,45+,46+,48-,49-,50-,51-,52-,53-,54-,55-,56-,57-,58-,59-,67-,68-,69-,70-,71-/m0/s1. The van der Waals surface area contributed by atoms with Crippen LogP contribution >= 0.6 is 0 Å². The van der Waals surface area contributed by atoms with Crippen molar-refractivity contribution >= 4 is 154 Å². The van der Waals surface area contributed by atoms with E-state index in [1.807, 2.05) is 0 Å². The molecule has 58 nitrogen and oxygen atoms in total. The van der Waals surface area contributed by atoms with Crippen molar-refractivity contribution < 1.29 is 166 Å². The summed E-state index contributed by atoms with van der Waals surface area (Å²) in [6.07, 6.45) is -13.6. The summed E-state index contributed by atoms with van der Waals surface area (Å²) in [6, 6.07) is -25.2. The highest BCUT2D eigenvalue weighted by molar-refractivity contribution is 6.03. The number of carboxylic acid groups (broad SMARTS) is 6. The largest absolute Gasteiger partial charge is 0.481 e. The molecule has 148 heavy (non-hydrogen) atoms. The molecular formula is C90H146N24O34. The summed E-state index contributed by atoms with van der Waals surface area (Å²) < 4.78 is 0. The van der Waals surface area contributed by atoms with Crippen LogP contribution in [0.5, 0.6) is 0 Å². The van der Waals surface area contributed by atoms with Crippen LogP contribution in [-0.4, -0.2) is 341 Å². The van der Waals surface area contributed by atoms with Crippen molar-refractivity contribution in [3.05, 3.63) is 35.9 Å². The topological polar surface area (TPSA) is 982 Å². The second-order valence-electron chi connectivity index (χ2n) is 36.2. The molecular weight excluding hydrogens is 1960 g/mol. The van der Waals surface area contributed by atoms with Crippen LogP contribution in [0, 0.1) is 23.7 Å². The molecule has 0 aliphatic carbocycles. The monoisotopic (exact) mass is 2110 g/mol. The van der Waals surface area contributed by atoms with E-state index in [-0.39, 0.29) is 76.8 Å². The highest BCUT2D eigenvalue weighted by Gasteiger charge is 2.43. The molecule has 22 atom stereocenters. The number of aliphatic carboxylic acids is 6. The first-order valence-corrected chi connectivity index (χ1v) is 47.7. The fourth-order valence-corrected chi connectivity index (χ4v) is 14.0. The van der Waals surface area contributed by atoms with Crippen LogP contribution in [-0.2, 0) is 126 Å². The summed E-state index contributed by atoms with van der Waals surface area (Å²) in [4.78, 5) is 341. The summed E-state index contributed by atoms with van der Waals surface area (Å²) in [5, 5.41) is 129. The Labute approximate surface area is 851 Å². The number of nitrogens with one attached hydrogen (secondary N) is 17. The fraction of sp³-hybridized carbons (Fsp3) is 0.644. The third kappa shape index (κ3) is 49.8. The molecule has 19 amide bonds. The molecule has 0 saturated heterocycles. The number of guanidine groups is 1. The first-order chi connectivity index (χ1) is 69.1. The Morgan fingerprint density at radius 1 is 0.324 bits per heavy atom. The maximum Gasteiger partial charge on any atom is 0.326 e. The summed E-state index contributed by atoms with van der Waals surface area (Å²) in [6.45, 7) is 13.7. The number of aliphatic imine (C=N–C) groups is 1. The number of hydrogen-bond donors (Lipinski definition) is 32. The lowest BCUT2D eigenvalue weighted by atomic mass is 9.96. The molecule has 1 aromatic carbocycles. The Kier molecular flexibility index (Phi) is 59.3. The minimum absolute atomic E-state index is 0.0112. The van der Waals surface area contributed by atoms with Crippen LogP contribution in [0.2, 0.25) is 0 Å². The van der Waals surface area contributed by atoms with Crippen molar-refractivity contribution in [1.29, 1.82) is 0 Å². The molecule has 0 radical (unpaired) electrons. The molecule has 0 bridgehead atoms. The number of carboxylic acids is 6. The van der Waals surface area contributed by atoms with Crippen molar-refractivity contribution in [2.75, 3.05) is 19.7 Å². The lowest BCUT2D eigenvalue weighted by Gasteiger charge is -2.30. The maximum atomic E-state index is 14.5. The minimum atomic E-state index is -2.14. The van der Waals surface area contributed by atoms with Crippen molar-refractivity contribution in [1.82, 2.24) is 90.4 Å². The molecule has 38 N–H and O–H groups in total. The molecule has 0 heterocycles. The van der Waals surface area contributed by atoms with Crippen LogP contribution in [0.4, 0.5) is 0 Å². The molecule has 0 aliphatic heterocycles. The number of nitrogens with two attached hydrogens (primary N) is 6. The molecule has 0 spiro atoms. The quantitative estimate of drug-likeness (QED) is 0.0164. The normalized spacial score (nSPS) is 15.6. The average molecular weight is 2110 g/mol. The van der Waals surface area contributed by atoms with Crippen molar-refractivity contribution in [3.8, 4) is 0 Å². The zero-order chi connectivity index (χ0) is 113. The first kappa shape index (κ1) is 131. The molecule has 0 saturated carbocycles. The highest BCUT2D eigenvalue weighted by Crippen LogP contribution is 2.19. The van der Waals surface area contributed by atoms with Crippen molar-refractivity contribution in [2.45, 2.75) is 326 Å². The molecule has 830 valence electrons.